The normalized spacial score (nSPS) is 20.9. The molecule has 0 aromatic heterocycles. The number of hydrogen-bond acceptors (Lipinski definition) is 3. The third-order valence-corrected chi connectivity index (χ3v) is 3.22. The van der Waals surface area contributed by atoms with Gasteiger partial charge in [0, 0.05) is 18.7 Å². The smallest absolute Gasteiger partial charge is 0.310 e. The lowest BCUT2D eigenvalue weighted by molar-refractivity contribution is -0.140. The van der Waals surface area contributed by atoms with Gasteiger partial charge in [0.1, 0.15) is 0 Å². The Morgan fingerprint density at radius 1 is 1.40 bits per heavy atom. The van der Waals surface area contributed by atoms with Gasteiger partial charge in [-0.05, 0) is 24.1 Å². The summed E-state index contributed by atoms with van der Waals surface area (Å²) in [4.78, 5) is 22.9. The molecular formula is C15H17NO4. The number of carbonyl (C=O) groups is 2. The van der Waals surface area contributed by atoms with E-state index in [-0.39, 0.29) is 11.9 Å². The zero-order valence-corrected chi connectivity index (χ0v) is 11.2. The molecule has 1 aliphatic rings. The average molecular weight is 275 g/mol. The standard InChI is InChI=1S/C15H17NO4/c1-20-9-10-3-2-4-11(7-10)14(17)16-13-6-5-12(8-13)15(18)19/h2-7,12-13H,8-9H2,1H3,(H,16,17)(H,18,19). The highest BCUT2D eigenvalue weighted by Crippen LogP contribution is 2.18. The fourth-order valence-electron chi connectivity index (χ4n) is 2.21. The number of carbonyl (C=O) groups excluding carboxylic acids is 1. The largest absolute Gasteiger partial charge is 0.481 e. The summed E-state index contributed by atoms with van der Waals surface area (Å²) in [6, 6.07) is 6.95. The second kappa shape index (κ2) is 6.34. The Kier molecular flexibility index (Phi) is 4.53. The van der Waals surface area contributed by atoms with Crippen LogP contribution in [0.15, 0.2) is 36.4 Å². The van der Waals surface area contributed by atoms with Crippen molar-refractivity contribution in [1.29, 1.82) is 0 Å². The van der Waals surface area contributed by atoms with Crippen LogP contribution >= 0.6 is 0 Å². The molecule has 2 N–H and O–H groups in total. The van der Waals surface area contributed by atoms with Crippen LogP contribution in [0.2, 0.25) is 0 Å². The van der Waals surface area contributed by atoms with Crippen molar-refractivity contribution in [1.82, 2.24) is 5.32 Å². The summed E-state index contributed by atoms with van der Waals surface area (Å²) >= 11 is 0. The van der Waals surface area contributed by atoms with E-state index in [0.29, 0.717) is 18.6 Å². The lowest BCUT2D eigenvalue weighted by Crippen LogP contribution is -2.33. The number of carboxylic acids is 1. The van der Waals surface area contributed by atoms with Gasteiger partial charge in [0.05, 0.1) is 12.5 Å². The maximum atomic E-state index is 12.1. The topological polar surface area (TPSA) is 75.6 Å². The molecule has 1 aliphatic carbocycles. The number of hydrogen-bond donors (Lipinski definition) is 2. The van der Waals surface area contributed by atoms with E-state index in [9.17, 15) is 9.59 Å². The van der Waals surface area contributed by atoms with E-state index in [4.69, 9.17) is 9.84 Å². The molecule has 0 saturated carbocycles. The third kappa shape index (κ3) is 3.45. The van der Waals surface area contributed by atoms with E-state index < -0.39 is 11.9 Å². The molecule has 1 aromatic carbocycles. The number of aliphatic carboxylic acids is 1. The Balaban J connectivity index is 1.97. The summed E-state index contributed by atoms with van der Waals surface area (Å²) in [5.41, 5.74) is 1.47. The molecule has 0 bridgehead atoms. The highest BCUT2D eigenvalue weighted by molar-refractivity contribution is 5.94. The van der Waals surface area contributed by atoms with Crippen LogP contribution in [-0.4, -0.2) is 30.1 Å². The van der Waals surface area contributed by atoms with Gasteiger partial charge in [0.2, 0.25) is 0 Å². The summed E-state index contributed by atoms with van der Waals surface area (Å²) in [5, 5.41) is 11.7. The van der Waals surface area contributed by atoms with E-state index in [2.05, 4.69) is 5.32 Å². The number of rotatable bonds is 5. The first kappa shape index (κ1) is 14.3. The first-order chi connectivity index (χ1) is 9.60. The Morgan fingerprint density at radius 3 is 2.85 bits per heavy atom. The Bertz CT molecular complexity index is 538. The van der Waals surface area contributed by atoms with E-state index in [1.165, 1.54) is 0 Å². The monoisotopic (exact) mass is 275 g/mol. The molecule has 1 aromatic rings. The van der Waals surface area contributed by atoms with Crippen molar-refractivity contribution in [3.63, 3.8) is 0 Å². The number of nitrogens with one attached hydrogen (secondary N) is 1. The van der Waals surface area contributed by atoms with Crippen LogP contribution in [0.25, 0.3) is 0 Å². The fourth-order valence-corrected chi connectivity index (χ4v) is 2.21. The van der Waals surface area contributed by atoms with Gasteiger partial charge >= 0.3 is 5.97 Å². The van der Waals surface area contributed by atoms with E-state index >= 15 is 0 Å². The molecule has 2 unspecified atom stereocenters. The van der Waals surface area contributed by atoms with Crippen LogP contribution in [0, 0.1) is 5.92 Å². The maximum Gasteiger partial charge on any atom is 0.310 e. The molecule has 106 valence electrons. The first-order valence-electron chi connectivity index (χ1n) is 6.40. The van der Waals surface area contributed by atoms with E-state index in [0.717, 1.165) is 5.56 Å². The summed E-state index contributed by atoms with van der Waals surface area (Å²) in [5.74, 6) is -1.58. The molecule has 0 radical (unpaired) electrons. The van der Waals surface area contributed by atoms with Crippen LogP contribution in [0.3, 0.4) is 0 Å². The fraction of sp³-hybridized carbons (Fsp3) is 0.333. The minimum absolute atomic E-state index is 0.205. The molecule has 2 atom stereocenters. The van der Waals surface area contributed by atoms with Crippen LogP contribution in [0.1, 0.15) is 22.3 Å². The summed E-state index contributed by atoms with van der Waals surface area (Å²) < 4.78 is 5.03. The van der Waals surface area contributed by atoms with Gasteiger partial charge < -0.3 is 15.2 Å². The Morgan fingerprint density at radius 2 is 2.20 bits per heavy atom. The van der Waals surface area contributed by atoms with E-state index in [1.54, 1.807) is 37.5 Å². The van der Waals surface area contributed by atoms with Gasteiger partial charge in [-0.25, -0.2) is 0 Å². The van der Waals surface area contributed by atoms with Gasteiger partial charge in [-0.2, -0.15) is 0 Å². The third-order valence-electron chi connectivity index (χ3n) is 3.22. The zero-order valence-electron chi connectivity index (χ0n) is 11.2. The number of amides is 1. The van der Waals surface area contributed by atoms with E-state index in [1.807, 2.05) is 6.07 Å². The Hall–Kier alpha value is -2.14. The van der Waals surface area contributed by atoms with Gasteiger partial charge in [-0.15, -0.1) is 0 Å². The minimum atomic E-state index is -0.861. The number of methoxy groups -OCH3 is 1. The van der Waals surface area contributed by atoms with Crippen LogP contribution < -0.4 is 5.32 Å². The molecular weight excluding hydrogens is 258 g/mol. The maximum absolute atomic E-state index is 12.1. The Labute approximate surface area is 117 Å². The van der Waals surface area contributed by atoms with Crippen molar-refractivity contribution < 1.29 is 19.4 Å². The molecule has 1 amide bonds. The molecule has 0 saturated heterocycles. The van der Waals surface area contributed by atoms with Crippen molar-refractivity contribution in [2.75, 3.05) is 7.11 Å². The second-order valence-electron chi connectivity index (χ2n) is 4.78. The molecule has 20 heavy (non-hydrogen) atoms. The van der Waals surface area contributed by atoms with Gasteiger partial charge in [-0.1, -0.05) is 24.3 Å². The van der Waals surface area contributed by atoms with Crippen molar-refractivity contribution >= 4 is 11.9 Å². The summed E-state index contributed by atoms with van der Waals surface area (Å²) in [6.07, 6.45) is 3.75. The predicted octanol–water partition coefficient (Wildman–Crippen LogP) is 1.59. The molecule has 0 heterocycles. The first-order valence-corrected chi connectivity index (χ1v) is 6.40. The van der Waals surface area contributed by atoms with Gasteiger partial charge in [0.15, 0.2) is 0 Å². The minimum Gasteiger partial charge on any atom is -0.481 e. The zero-order chi connectivity index (χ0) is 14.5. The molecule has 0 spiro atoms. The predicted molar refractivity (Wildman–Crippen MR) is 73.3 cm³/mol. The van der Waals surface area contributed by atoms with Crippen molar-refractivity contribution in [2.24, 2.45) is 5.92 Å². The average Bonchev–Trinajstić information content (AvgIpc) is 2.88. The van der Waals surface area contributed by atoms with Crippen LogP contribution in [0.5, 0.6) is 0 Å². The lowest BCUT2D eigenvalue weighted by Gasteiger charge is -2.12. The highest BCUT2D eigenvalue weighted by atomic mass is 16.5. The molecule has 0 aliphatic heterocycles. The second-order valence-corrected chi connectivity index (χ2v) is 4.78. The van der Waals surface area contributed by atoms with Crippen molar-refractivity contribution in [3.05, 3.63) is 47.5 Å². The van der Waals surface area contributed by atoms with Gasteiger partial charge in [-0.3, -0.25) is 9.59 Å². The van der Waals surface area contributed by atoms with Crippen LogP contribution in [0.4, 0.5) is 0 Å². The molecule has 5 nitrogen and oxygen atoms in total. The van der Waals surface area contributed by atoms with Crippen LogP contribution in [-0.2, 0) is 16.1 Å². The SMILES string of the molecule is COCc1cccc(C(=O)NC2C=CC(C(=O)O)C2)c1. The highest BCUT2D eigenvalue weighted by Gasteiger charge is 2.25. The molecule has 0 fully saturated rings. The van der Waals surface area contributed by atoms with Crippen molar-refractivity contribution in [3.8, 4) is 0 Å². The number of benzene rings is 1. The summed E-state index contributed by atoms with van der Waals surface area (Å²) in [6.45, 7) is 0.450. The number of ether oxygens (including phenoxy) is 1. The molecule has 2 rings (SSSR count). The summed E-state index contributed by atoms with van der Waals surface area (Å²) in [7, 11) is 1.60. The van der Waals surface area contributed by atoms with Crippen molar-refractivity contribution in [2.45, 2.75) is 19.1 Å². The quantitative estimate of drug-likeness (QED) is 0.800. The molecule has 5 heteroatoms. The van der Waals surface area contributed by atoms with Gasteiger partial charge in [0.25, 0.3) is 5.91 Å². The lowest BCUT2D eigenvalue weighted by atomic mass is 10.1. The number of carboxylic acid groups (broad SMARTS) is 1.